The van der Waals surface area contributed by atoms with E-state index in [2.05, 4.69) is 15.9 Å². The smallest absolute Gasteiger partial charge is 0.255 e. The molecule has 0 spiro atoms. The third kappa shape index (κ3) is 4.02. The number of amides is 1. The Bertz CT molecular complexity index is 1520. The van der Waals surface area contributed by atoms with Gasteiger partial charge in [-0.25, -0.2) is 0 Å². The Balaban J connectivity index is 1.65. The summed E-state index contributed by atoms with van der Waals surface area (Å²) in [5, 5.41) is 44.6. The van der Waals surface area contributed by atoms with Gasteiger partial charge in [0.1, 0.15) is 22.8 Å². The molecule has 5 rings (SSSR count). The van der Waals surface area contributed by atoms with E-state index in [1.807, 2.05) is 36.4 Å². The highest BCUT2D eigenvalue weighted by Gasteiger charge is 2.63. The van der Waals surface area contributed by atoms with Gasteiger partial charge in [0.15, 0.2) is 11.4 Å². The van der Waals surface area contributed by atoms with Crippen LogP contribution in [0.15, 0.2) is 63.5 Å². The van der Waals surface area contributed by atoms with Crippen molar-refractivity contribution < 1.29 is 34.8 Å². The number of carbonyl (C=O) groups is 3. The van der Waals surface area contributed by atoms with E-state index in [9.17, 15) is 34.8 Å². The molecule has 4 atom stereocenters. The second-order valence-corrected chi connectivity index (χ2v) is 11.3. The first kappa shape index (κ1) is 26.9. The van der Waals surface area contributed by atoms with Crippen LogP contribution in [0, 0.1) is 11.8 Å². The van der Waals surface area contributed by atoms with E-state index >= 15 is 0 Å². The Kier molecular flexibility index (Phi) is 6.53. The van der Waals surface area contributed by atoms with Gasteiger partial charge in [0.05, 0.1) is 11.6 Å². The first-order valence-corrected chi connectivity index (χ1v) is 13.1. The van der Waals surface area contributed by atoms with Crippen molar-refractivity contribution in [1.29, 1.82) is 0 Å². The zero-order chi connectivity index (χ0) is 28.4. The number of phenolic OH excluding ortho intramolecular Hbond substituents is 1. The lowest BCUT2D eigenvalue weighted by Gasteiger charge is -2.50. The summed E-state index contributed by atoms with van der Waals surface area (Å²) >= 11 is 3.40. The number of aromatic hydroxyl groups is 1. The Hall–Kier alpha value is -3.73. The standard InChI is InChI=1S/C29H27BrN2O7/c1-32(2)23-18-12-15-11-17-14(6-3-13-4-8-16(30)9-5-13)7-10-19(33)21(17)24(34)20(15)26(36)29(18,39)27(37)22(25(23)35)28(31)38/h3-10,15,18,23,33,35-36,39H,11-12H2,1-2H3,(H2,31,38)/b6-3+/t15-,18+,23-,29-/m0/s1. The molecule has 3 aliphatic carbocycles. The van der Waals surface area contributed by atoms with Crippen LogP contribution < -0.4 is 5.73 Å². The van der Waals surface area contributed by atoms with Crippen LogP contribution in [0.2, 0.25) is 0 Å². The molecule has 2 aromatic carbocycles. The predicted octanol–water partition coefficient (Wildman–Crippen LogP) is 3.05. The average molecular weight is 595 g/mol. The molecule has 0 aliphatic heterocycles. The number of nitrogens with zero attached hydrogens (tertiary/aromatic N) is 1. The number of likely N-dealkylation sites (N-methyl/N-ethyl adjacent to an activating group) is 1. The molecule has 0 unspecified atom stereocenters. The van der Waals surface area contributed by atoms with Crippen LogP contribution in [0.25, 0.3) is 12.2 Å². The van der Waals surface area contributed by atoms with Crippen molar-refractivity contribution in [2.45, 2.75) is 24.5 Å². The molecule has 0 aromatic heterocycles. The molecular weight excluding hydrogens is 568 g/mol. The lowest BCUT2D eigenvalue weighted by molar-refractivity contribution is -0.148. The molecule has 0 heterocycles. The zero-order valence-electron chi connectivity index (χ0n) is 21.2. The number of Topliss-reactive ketones (excluding diaryl/α,β-unsaturated/α-hetero) is 2. The van der Waals surface area contributed by atoms with E-state index < -0.39 is 58.0 Å². The molecule has 0 fully saturated rings. The fraction of sp³-hybridized carbons (Fsp3) is 0.276. The highest BCUT2D eigenvalue weighted by Crippen LogP contribution is 2.52. The van der Waals surface area contributed by atoms with Gasteiger partial charge in [-0.3, -0.25) is 19.3 Å². The topological polar surface area (TPSA) is 161 Å². The lowest BCUT2D eigenvalue weighted by Crippen LogP contribution is -2.63. The van der Waals surface area contributed by atoms with Crippen molar-refractivity contribution in [3.63, 3.8) is 0 Å². The number of phenols is 1. The van der Waals surface area contributed by atoms with Gasteiger partial charge in [-0.15, -0.1) is 0 Å². The predicted molar refractivity (Wildman–Crippen MR) is 147 cm³/mol. The number of ketones is 2. The number of aliphatic hydroxyl groups is 3. The summed E-state index contributed by atoms with van der Waals surface area (Å²) < 4.78 is 0.935. The third-order valence-electron chi connectivity index (χ3n) is 7.97. The fourth-order valence-corrected chi connectivity index (χ4v) is 6.46. The number of allylic oxidation sites excluding steroid dienone is 1. The third-order valence-corrected chi connectivity index (χ3v) is 8.50. The lowest BCUT2D eigenvalue weighted by atomic mass is 9.58. The van der Waals surface area contributed by atoms with E-state index in [0.717, 1.165) is 10.0 Å². The van der Waals surface area contributed by atoms with Crippen molar-refractivity contribution in [2.24, 2.45) is 17.6 Å². The van der Waals surface area contributed by atoms with Gasteiger partial charge in [0.25, 0.3) is 5.91 Å². The number of aliphatic hydroxyl groups excluding tert-OH is 2. The van der Waals surface area contributed by atoms with Crippen molar-refractivity contribution in [2.75, 3.05) is 14.1 Å². The summed E-state index contributed by atoms with van der Waals surface area (Å²) in [6, 6.07) is 9.69. The number of hydrogen-bond acceptors (Lipinski definition) is 8. The molecule has 1 amide bonds. The van der Waals surface area contributed by atoms with Crippen LogP contribution in [0.1, 0.15) is 33.5 Å². The van der Waals surface area contributed by atoms with E-state index in [1.165, 1.54) is 11.0 Å². The number of hydrogen-bond donors (Lipinski definition) is 5. The Labute approximate surface area is 232 Å². The first-order valence-electron chi connectivity index (χ1n) is 12.3. The highest BCUT2D eigenvalue weighted by atomic mass is 79.9. The monoisotopic (exact) mass is 594 g/mol. The quantitative estimate of drug-likeness (QED) is 0.266. The van der Waals surface area contributed by atoms with Gasteiger partial charge in [-0.2, -0.15) is 0 Å². The molecule has 2 aromatic rings. The second kappa shape index (κ2) is 9.48. The highest BCUT2D eigenvalue weighted by molar-refractivity contribution is 9.10. The molecule has 0 bridgehead atoms. The number of carbonyl (C=O) groups excluding carboxylic acids is 3. The molecule has 202 valence electrons. The zero-order valence-corrected chi connectivity index (χ0v) is 22.8. The van der Waals surface area contributed by atoms with Crippen LogP contribution in [-0.4, -0.2) is 68.5 Å². The molecule has 0 saturated heterocycles. The maximum Gasteiger partial charge on any atom is 0.255 e. The average Bonchev–Trinajstić information content (AvgIpc) is 2.86. The number of benzene rings is 2. The molecule has 3 aliphatic rings. The SMILES string of the molecule is CN(C)[C@@H]1C(O)=C(C(N)=O)C(=O)[C@@]2(O)C(O)=C3C(=O)c4c(O)ccc(/C=C/c5ccc(Br)cc5)c4C[C@H]3C[C@H]12. The Morgan fingerprint density at radius 1 is 1.08 bits per heavy atom. The largest absolute Gasteiger partial charge is 0.510 e. The summed E-state index contributed by atoms with van der Waals surface area (Å²) in [6.45, 7) is 0. The van der Waals surface area contributed by atoms with Crippen molar-refractivity contribution in [3.8, 4) is 5.75 Å². The van der Waals surface area contributed by atoms with Gasteiger partial charge in [0.2, 0.25) is 5.78 Å². The van der Waals surface area contributed by atoms with Crippen molar-refractivity contribution >= 4 is 45.6 Å². The van der Waals surface area contributed by atoms with Crippen LogP contribution in [0.5, 0.6) is 5.75 Å². The van der Waals surface area contributed by atoms with Gasteiger partial charge < -0.3 is 26.2 Å². The fourth-order valence-electron chi connectivity index (χ4n) is 6.19. The molecule has 6 N–H and O–H groups in total. The summed E-state index contributed by atoms with van der Waals surface area (Å²) in [7, 11) is 3.19. The molecule has 10 heteroatoms. The van der Waals surface area contributed by atoms with Gasteiger partial charge in [0, 0.05) is 16.0 Å². The van der Waals surface area contributed by atoms with Gasteiger partial charge in [-0.1, -0.05) is 46.3 Å². The van der Waals surface area contributed by atoms with E-state index in [1.54, 1.807) is 20.2 Å². The molecule has 39 heavy (non-hydrogen) atoms. The van der Waals surface area contributed by atoms with Crippen LogP contribution in [0.4, 0.5) is 0 Å². The molecule has 0 saturated carbocycles. The molecule has 9 nitrogen and oxygen atoms in total. The molecular formula is C29H27BrN2O7. The van der Waals surface area contributed by atoms with E-state index in [4.69, 9.17) is 5.73 Å². The van der Waals surface area contributed by atoms with Crippen LogP contribution in [-0.2, 0) is 16.0 Å². The minimum atomic E-state index is -2.65. The van der Waals surface area contributed by atoms with Crippen molar-refractivity contribution in [1.82, 2.24) is 4.90 Å². The summed E-state index contributed by atoms with van der Waals surface area (Å²) in [6.07, 6.45) is 3.98. The normalized spacial score (nSPS) is 26.6. The van der Waals surface area contributed by atoms with Crippen LogP contribution in [0.3, 0.4) is 0 Å². The second-order valence-electron chi connectivity index (χ2n) is 10.4. The van der Waals surface area contributed by atoms with E-state index in [-0.39, 0.29) is 29.7 Å². The van der Waals surface area contributed by atoms with Crippen LogP contribution >= 0.6 is 15.9 Å². The minimum absolute atomic E-state index is 0.0197. The van der Waals surface area contributed by atoms with Gasteiger partial charge >= 0.3 is 0 Å². The maximum atomic E-state index is 13.8. The van der Waals surface area contributed by atoms with Gasteiger partial charge in [-0.05, 0) is 67.7 Å². The van der Waals surface area contributed by atoms with Crippen molar-refractivity contribution in [3.05, 3.63) is 85.8 Å². The number of nitrogens with two attached hydrogens (primary N) is 1. The number of halogens is 1. The summed E-state index contributed by atoms with van der Waals surface area (Å²) in [5.41, 5.74) is 3.87. The Morgan fingerprint density at radius 2 is 1.74 bits per heavy atom. The first-order chi connectivity index (χ1) is 18.4. The van der Waals surface area contributed by atoms with E-state index in [0.29, 0.717) is 11.1 Å². The summed E-state index contributed by atoms with van der Waals surface area (Å²) in [5.74, 6) is -6.68. The maximum absolute atomic E-state index is 13.8. The molecule has 0 radical (unpaired) electrons. The number of primary amides is 1. The minimum Gasteiger partial charge on any atom is -0.510 e. The number of rotatable bonds is 4. The summed E-state index contributed by atoms with van der Waals surface area (Å²) in [4.78, 5) is 40.7. The Morgan fingerprint density at radius 3 is 2.36 bits per heavy atom. The number of fused-ring (bicyclic) bond motifs is 3.